The molecule has 0 atom stereocenters. The monoisotopic (exact) mass is 100 g/mol. The molecule has 0 unspecified atom stereocenters. The van der Waals surface area contributed by atoms with E-state index in [2.05, 4.69) is 11.7 Å². The van der Waals surface area contributed by atoms with E-state index in [4.69, 9.17) is 4.74 Å². The number of nitrogens with one attached hydrogen (secondary N) is 1. The van der Waals surface area contributed by atoms with Gasteiger partial charge in [0.15, 0.2) is 0 Å². The van der Waals surface area contributed by atoms with Crippen molar-refractivity contribution in [1.82, 2.24) is 5.32 Å². The minimum absolute atomic E-state index is 0.719. The lowest BCUT2D eigenvalue weighted by Gasteiger charge is -1.93. The highest BCUT2D eigenvalue weighted by atomic mass is 16.5. The van der Waals surface area contributed by atoms with Crippen LogP contribution in [-0.2, 0) is 4.74 Å². The van der Waals surface area contributed by atoms with Crippen LogP contribution in [0.4, 0.5) is 0 Å². The summed E-state index contributed by atoms with van der Waals surface area (Å²) in [7, 11) is 0. The molecule has 1 N–H and O–H groups in total. The first kappa shape index (κ1) is 5.06. The van der Waals surface area contributed by atoms with Crippen molar-refractivity contribution in [2.24, 2.45) is 0 Å². The summed E-state index contributed by atoms with van der Waals surface area (Å²) in [6, 6.07) is 0. The second-order valence-electron chi connectivity index (χ2n) is 1.58. The van der Waals surface area contributed by atoms with Crippen LogP contribution in [0.15, 0.2) is 0 Å². The summed E-state index contributed by atoms with van der Waals surface area (Å²) in [5, 5.41) is 3.07. The van der Waals surface area contributed by atoms with Gasteiger partial charge in [0.2, 0.25) is 0 Å². The predicted octanol–water partition coefficient (Wildman–Crippen LogP) is 0.158. The normalized spacial score (nSPS) is 24.0. The minimum Gasteiger partial charge on any atom is -0.366 e. The Bertz CT molecular complexity index is 27.7. The molecule has 0 aromatic carbocycles. The fourth-order valence-electron chi connectivity index (χ4n) is 0.574. The Balaban J connectivity index is 2.04. The molecular formula is C5H10NO. The van der Waals surface area contributed by atoms with Gasteiger partial charge in [-0.05, 0) is 12.8 Å². The van der Waals surface area contributed by atoms with Gasteiger partial charge in [-0.25, -0.2) is 0 Å². The zero-order chi connectivity index (χ0) is 4.95. The maximum atomic E-state index is 5.05. The molecule has 0 amide bonds. The molecule has 1 heterocycles. The molecule has 1 aliphatic rings. The molecule has 41 valence electrons. The van der Waals surface area contributed by atoms with Gasteiger partial charge in [-0.1, -0.05) is 0 Å². The summed E-state index contributed by atoms with van der Waals surface area (Å²) >= 11 is 0. The summed E-state index contributed by atoms with van der Waals surface area (Å²) < 4.78 is 5.05. The molecule has 1 fully saturated rings. The van der Waals surface area contributed by atoms with E-state index in [1.54, 1.807) is 0 Å². The number of rotatable bonds is 0. The van der Waals surface area contributed by atoms with E-state index in [1.807, 2.05) is 0 Å². The van der Waals surface area contributed by atoms with Gasteiger partial charge < -0.3 is 4.74 Å². The zero-order valence-corrected chi connectivity index (χ0v) is 4.31. The Morgan fingerprint density at radius 2 is 2.57 bits per heavy atom. The predicted molar refractivity (Wildman–Crippen MR) is 27.7 cm³/mol. The maximum absolute atomic E-state index is 5.05. The lowest BCUT2D eigenvalue weighted by Crippen LogP contribution is -2.15. The Hall–Kier alpha value is -0.0800. The molecule has 0 aromatic heterocycles. The molecule has 1 rings (SSSR count). The molecule has 1 radical (unpaired) electrons. The van der Waals surface area contributed by atoms with E-state index in [0.717, 1.165) is 26.3 Å². The number of hydrogen-bond donors (Lipinski definition) is 1. The summed E-state index contributed by atoms with van der Waals surface area (Å²) in [4.78, 5) is 0. The van der Waals surface area contributed by atoms with E-state index in [0.29, 0.717) is 0 Å². The van der Waals surface area contributed by atoms with Crippen molar-refractivity contribution in [3.8, 4) is 0 Å². The number of hydrogen-bond acceptors (Lipinski definition) is 2. The average molecular weight is 100 g/mol. The molecule has 0 aromatic rings. The Labute approximate surface area is 43.9 Å². The Kier molecular flexibility index (Phi) is 2.17. The fraction of sp³-hybridized carbons (Fsp3) is 0.800. The van der Waals surface area contributed by atoms with E-state index < -0.39 is 0 Å². The second kappa shape index (κ2) is 2.99. The van der Waals surface area contributed by atoms with Crippen molar-refractivity contribution in [1.29, 1.82) is 0 Å². The highest BCUT2D eigenvalue weighted by Gasteiger charge is 1.93. The number of ether oxygens (including phenoxy) is 1. The lowest BCUT2D eigenvalue weighted by molar-refractivity contribution is 0.133. The van der Waals surface area contributed by atoms with Crippen molar-refractivity contribution in [2.45, 2.75) is 6.42 Å². The van der Waals surface area contributed by atoms with E-state index in [1.165, 1.54) is 0 Å². The van der Waals surface area contributed by atoms with Crippen LogP contribution >= 0.6 is 0 Å². The molecular weight excluding hydrogens is 90.1 g/mol. The van der Waals surface area contributed by atoms with E-state index in [9.17, 15) is 0 Å². The minimum atomic E-state index is 0.719. The van der Waals surface area contributed by atoms with E-state index in [-0.39, 0.29) is 0 Å². The van der Waals surface area contributed by atoms with Gasteiger partial charge in [0.1, 0.15) is 0 Å². The van der Waals surface area contributed by atoms with Gasteiger partial charge >= 0.3 is 0 Å². The van der Waals surface area contributed by atoms with Crippen molar-refractivity contribution in [3.05, 3.63) is 6.42 Å². The standard InChI is InChI=1S/C5H10NO/c1-2-4-7-5-6-3-1/h1,6H,2-5H2. The van der Waals surface area contributed by atoms with Crippen LogP contribution in [0.25, 0.3) is 0 Å². The van der Waals surface area contributed by atoms with Crippen molar-refractivity contribution in [2.75, 3.05) is 19.9 Å². The van der Waals surface area contributed by atoms with Gasteiger partial charge in [-0.15, -0.1) is 0 Å². The summed E-state index contributed by atoms with van der Waals surface area (Å²) in [5.41, 5.74) is 0. The third-order valence-corrected chi connectivity index (χ3v) is 0.959. The topological polar surface area (TPSA) is 21.3 Å². The second-order valence-corrected chi connectivity index (χ2v) is 1.58. The average Bonchev–Trinajstić information content (AvgIpc) is 1.90. The first-order chi connectivity index (χ1) is 3.50. The molecule has 2 heteroatoms. The van der Waals surface area contributed by atoms with E-state index >= 15 is 0 Å². The first-order valence-electron chi connectivity index (χ1n) is 2.60. The highest BCUT2D eigenvalue weighted by molar-refractivity contribution is 4.68. The Morgan fingerprint density at radius 3 is 3.57 bits per heavy atom. The smallest absolute Gasteiger partial charge is 0.0965 e. The van der Waals surface area contributed by atoms with Crippen molar-refractivity contribution >= 4 is 0 Å². The summed E-state index contributed by atoms with van der Waals surface area (Å²) in [6.45, 7) is 2.60. The molecule has 7 heavy (non-hydrogen) atoms. The molecule has 0 saturated carbocycles. The van der Waals surface area contributed by atoms with Crippen LogP contribution < -0.4 is 5.32 Å². The first-order valence-corrected chi connectivity index (χ1v) is 2.60. The van der Waals surface area contributed by atoms with Gasteiger partial charge in [0.25, 0.3) is 0 Å². The summed E-state index contributed by atoms with van der Waals surface area (Å²) in [6.07, 6.45) is 3.28. The maximum Gasteiger partial charge on any atom is 0.0965 e. The van der Waals surface area contributed by atoms with Crippen LogP contribution in [0.1, 0.15) is 6.42 Å². The molecule has 1 aliphatic heterocycles. The van der Waals surface area contributed by atoms with Gasteiger partial charge in [0, 0.05) is 13.2 Å². The largest absolute Gasteiger partial charge is 0.366 e. The third kappa shape index (κ3) is 1.90. The molecule has 1 saturated heterocycles. The highest BCUT2D eigenvalue weighted by Crippen LogP contribution is 1.89. The van der Waals surface area contributed by atoms with Gasteiger partial charge in [-0.3, -0.25) is 5.32 Å². The van der Waals surface area contributed by atoms with Crippen LogP contribution in [0.3, 0.4) is 0 Å². The van der Waals surface area contributed by atoms with Crippen LogP contribution in [-0.4, -0.2) is 19.9 Å². The van der Waals surface area contributed by atoms with Crippen LogP contribution in [0.5, 0.6) is 0 Å². The SMILES string of the molecule is [CH]1CCOCNC1. The van der Waals surface area contributed by atoms with Crippen LogP contribution in [0, 0.1) is 6.42 Å². The molecule has 0 aliphatic carbocycles. The quantitative estimate of drug-likeness (QED) is 0.468. The van der Waals surface area contributed by atoms with Gasteiger partial charge in [-0.2, -0.15) is 0 Å². The zero-order valence-electron chi connectivity index (χ0n) is 4.31. The van der Waals surface area contributed by atoms with Crippen LogP contribution in [0.2, 0.25) is 0 Å². The summed E-state index contributed by atoms with van der Waals surface area (Å²) in [5.74, 6) is 0. The third-order valence-electron chi connectivity index (χ3n) is 0.959. The van der Waals surface area contributed by atoms with Crippen molar-refractivity contribution in [3.63, 3.8) is 0 Å². The molecule has 0 bridgehead atoms. The molecule has 0 spiro atoms. The lowest BCUT2D eigenvalue weighted by atomic mass is 10.3. The van der Waals surface area contributed by atoms with Gasteiger partial charge in [0.05, 0.1) is 6.73 Å². The fourth-order valence-corrected chi connectivity index (χ4v) is 0.574. The molecule has 2 nitrogen and oxygen atoms in total. The van der Waals surface area contributed by atoms with Crippen molar-refractivity contribution < 1.29 is 4.74 Å². The Morgan fingerprint density at radius 1 is 1.57 bits per heavy atom.